The summed E-state index contributed by atoms with van der Waals surface area (Å²) < 4.78 is 6.70. The summed E-state index contributed by atoms with van der Waals surface area (Å²) >= 11 is 6.70. The van der Waals surface area contributed by atoms with Gasteiger partial charge in [-0.05, 0) is 68.6 Å². The molecule has 0 fully saturated rings. The zero-order valence-corrected chi connectivity index (χ0v) is 14.1. The Morgan fingerprint density at radius 2 is 2.05 bits per heavy atom. The zero-order chi connectivity index (χ0) is 14.7. The first-order chi connectivity index (χ1) is 9.51. The van der Waals surface area contributed by atoms with E-state index in [1.54, 1.807) is 31.5 Å². The van der Waals surface area contributed by atoms with E-state index in [4.69, 9.17) is 4.74 Å². The van der Waals surface area contributed by atoms with Gasteiger partial charge in [0.2, 0.25) is 0 Å². The maximum Gasteiger partial charge on any atom is 0.258 e. The second kappa shape index (κ2) is 6.37. The van der Waals surface area contributed by atoms with E-state index in [9.17, 15) is 4.79 Å². The van der Waals surface area contributed by atoms with Gasteiger partial charge < -0.3 is 10.1 Å². The standard InChI is InChI=1S/C14H12Br2N2O2/c1-8-5-9(15)7-17-13(8)18-14(19)11-6-10(20-2)3-4-12(11)16/h3-7H,1-2H3,(H,17,18,19). The van der Waals surface area contributed by atoms with Crippen LogP contribution in [0.5, 0.6) is 5.75 Å². The predicted molar refractivity (Wildman–Crippen MR) is 85.3 cm³/mol. The molecule has 4 nitrogen and oxygen atoms in total. The molecular weight excluding hydrogens is 388 g/mol. The maximum atomic E-state index is 12.3. The van der Waals surface area contributed by atoms with E-state index >= 15 is 0 Å². The van der Waals surface area contributed by atoms with Crippen LogP contribution < -0.4 is 10.1 Å². The Morgan fingerprint density at radius 3 is 2.70 bits per heavy atom. The van der Waals surface area contributed by atoms with E-state index < -0.39 is 0 Å². The van der Waals surface area contributed by atoms with Gasteiger partial charge in [-0.25, -0.2) is 4.98 Å². The van der Waals surface area contributed by atoms with Crippen LogP contribution in [0.2, 0.25) is 0 Å². The molecule has 6 heteroatoms. The van der Waals surface area contributed by atoms with Crippen LogP contribution >= 0.6 is 31.9 Å². The van der Waals surface area contributed by atoms with Crippen molar-refractivity contribution in [2.45, 2.75) is 6.92 Å². The molecule has 0 aliphatic carbocycles. The van der Waals surface area contributed by atoms with Crippen molar-refractivity contribution in [2.24, 2.45) is 0 Å². The number of ether oxygens (including phenoxy) is 1. The Hall–Kier alpha value is -1.40. The smallest absolute Gasteiger partial charge is 0.258 e. The lowest BCUT2D eigenvalue weighted by molar-refractivity contribution is 0.102. The van der Waals surface area contributed by atoms with Crippen molar-refractivity contribution in [3.8, 4) is 5.75 Å². The van der Waals surface area contributed by atoms with Gasteiger partial charge in [-0.3, -0.25) is 4.79 Å². The number of aryl methyl sites for hydroxylation is 1. The third kappa shape index (κ3) is 3.37. The van der Waals surface area contributed by atoms with Gasteiger partial charge in [0.25, 0.3) is 5.91 Å². The topological polar surface area (TPSA) is 51.2 Å². The minimum Gasteiger partial charge on any atom is -0.497 e. The summed E-state index contributed by atoms with van der Waals surface area (Å²) in [6.07, 6.45) is 1.64. The third-order valence-corrected chi connectivity index (χ3v) is 3.82. The first kappa shape index (κ1) is 15.0. The number of amides is 1. The van der Waals surface area contributed by atoms with Crippen LogP contribution in [0.3, 0.4) is 0 Å². The Balaban J connectivity index is 2.28. The average molecular weight is 400 g/mol. The van der Waals surface area contributed by atoms with Gasteiger partial charge in [0, 0.05) is 15.1 Å². The second-order valence-corrected chi connectivity index (χ2v) is 5.89. The van der Waals surface area contributed by atoms with Crippen molar-refractivity contribution in [3.63, 3.8) is 0 Å². The van der Waals surface area contributed by atoms with Gasteiger partial charge in [-0.1, -0.05) is 0 Å². The molecule has 0 radical (unpaired) electrons. The highest BCUT2D eigenvalue weighted by atomic mass is 79.9. The predicted octanol–water partition coefficient (Wildman–Crippen LogP) is 4.18. The van der Waals surface area contributed by atoms with Crippen molar-refractivity contribution < 1.29 is 9.53 Å². The molecule has 0 unspecified atom stereocenters. The van der Waals surface area contributed by atoms with E-state index in [2.05, 4.69) is 42.2 Å². The summed E-state index contributed by atoms with van der Waals surface area (Å²) in [5.41, 5.74) is 1.38. The van der Waals surface area contributed by atoms with E-state index in [0.717, 1.165) is 10.0 Å². The lowest BCUT2D eigenvalue weighted by atomic mass is 10.2. The Bertz CT molecular complexity index is 660. The first-order valence-corrected chi connectivity index (χ1v) is 7.37. The van der Waals surface area contributed by atoms with Gasteiger partial charge in [0.1, 0.15) is 11.6 Å². The van der Waals surface area contributed by atoms with E-state index in [0.29, 0.717) is 21.6 Å². The van der Waals surface area contributed by atoms with Crippen LogP contribution in [0.15, 0.2) is 39.4 Å². The van der Waals surface area contributed by atoms with Crippen LogP contribution in [0.1, 0.15) is 15.9 Å². The van der Waals surface area contributed by atoms with Crippen molar-refractivity contribution >= 4 is 43.6 Å². The summed E-state index contributed by atoms with van der Waals surface area (Å²) in [6.45, 7) is 1.88. The Kier molecular flexibility index (Phi) is 4.77. The number of nitrogens with zero attached hydrogens (tertiary/aromatic N) is 1. The fourth-order valence-corrected chi connectivity index (χ4v) is 2.52. The van der Waals surface area contributed by atoms with Crippen LogP contribution in [-0.4, -0.2) is 18.0 Å². The molecule has 1 N–H and O–H groups in total. The number of anilines is 1. The number of aromatic nitrogens is 1. The van der Waals surface area contributed by atoms with Crippen LogP contribution in [0.25, 0.3) is 0 Å². The van der Waals surface area contributed by atoms with Crippen molar-refractivity contribution in [1.82, 2.24) is 4.98 Å². The summed E-state index contributed by atoms with van der Waals surface area (Å²) in [5.74, 6) is 0.917. The largest absolute Gasteiger partial charge is 0.497 e. The fraction of sp³-hybridized carbons (Fsp3) is 0.143. The minimum atomic E-state index is -0.242. The molecule has 2 rings (SSSR count). The number of benzene rings is 1. The third-order valence-electron chi connectivity index (χ3n) is 2.69. The maximum absolute atomic E-state index is 12.3. The van der Waals surface area contributed by atoms with E-state index in [1.807, 2.05) is 13.0 Å². The molecule has 0 spiro atoms. The molecular formula is C14H12Br2N2O2. The highest BCUT2D eigenvalue weighted by Crippen LogP contribution is 2.24. The molecule has 20 heavy (non-hydrogen) atoms. The fourth-order valence-electron chi connectivity index (χ4n) is 1.65. The van der Waals surface area contributed by atoms with Gasteiger partial charge >= 0.3 is 0 Å². The average Bonchev–Trinajstić information content (AvgIpc) is 2.42. The van der Waals surface area contributed by atoms with Gasteiger partial charge in [-0.2, -0.15) is 0 Å². The molecule has 0 aliphatic rings. The van der Waals surface area contributed by atoms with Gasteiger partial charge in [-0.15, -0.1) is 0 Å². The van der Waals surface area contributed by atoms with Crippen LogP contribution in [-0.2, 0) is 0 Å². The Labute approximate surface area is 133 Å². The molecule has 0 bridgehead atoms. The summed E-state index contributed by atoms with van der Waals surface area (Å²) in [4.78, 5) is 16.5. The number of carbonyl (C=O) groups excluding carboxylic acids is 1. The number of carbonyl (C=O) groups is 1. The number of hydrogen-bond acceptors (Lipinski definition) is 3. The summed E-state index contributed by atoms with van der Waals surface area (Å²) in [6, 6.07) is 7.12. The highest BCUT2D eigenvalue weighted by Gasteiger charge is 2.13. The number of methoxy groups -OCH3 is 1. The molecule has 104 valence electrons. The van der Waals surface area contributed by atoms with Gasteiger partial charge in [0.05, 0.1) is 12.7 Å². The van der Waals surface area contributed by atoms with Crippen LogP contribution in [0, 0.1) is 6.92 Å². The molecule has 0 aliphatic heterocycles. The zero-order valence-electron chi connectivity index (χ0n) is 10.9. The lowest BCUT2D eigenvalue weighted by Gasteiger charge is -2.10. The van der Waals surface area contributed by atoms with Gasteiger partial charge in [0.15, 0.2) is 0 Å². The number of rotatable bonds is 3. The normalized spacial score (nSPS) is 10.2. The first-order valence-electron chi connectivity index (χ1n) is 5.78. The number of nitrogens with one attached hydrogen (secondary N) is 1. The van der Waals surface area contributed by atoms with Crippen molar-refractivity contribution in [1.29, 1.82) is 0 Å². The molecule has 0 saturated carbocycles. The number of halogens is 2. The summed E-state index contributed by atoms with van der Waals surface area (Å²) in [5, 5.41) is 2.79. The Morgan fingerprint density at radius 1 is 1.30 bits per heavy atom. The molecule has 0 atom stereocenters. The monoisotopic (exact) mass is 398 g/mol. The highest BCUT2D eigenvalue weighted by molar-refractivity contribution is 9.10. The molecule has 2 aromatic rings. The van der Waals surface area contributed by atoms with E-state index in [1.165, 1.54) is 0 Å². The minimum absolute atomic E-state index is 0.242. The van der Waals surface area contributed by atoms with E-state index in [-0.39, 0.29) is 5.91 Å². The lowest BCUT2D eigenvalue weighted by Crippen LogP contribution is -2.14. The number of hydrogen-bond donors (Lipinski definition) is 1. The molecule has 1 amide bonds. The summed E-state index contributed by atoms with van der Waals surface area (Å²) in [7, 11) is 1.56. The SMILES string of the molecule is COc1ccc(Br)c(C(=O)Nc2ncc(Br)cc2C)c1. The molecule has 0 saturated heterocycles. The quantitative estimate of drug-likeness (QED) is 0.842. The molecule has 1 heterocycles. The van der Waals surface area contributed by atoms with Crippen LogP contribution in [0.4, 0.5) is 5.82 Å². The van der Waals surface area contributed by atoms with Crippen molar-refractivity contribution in [3.05, 3.63) is 50.5 Å². The number of pyridine rings is 1. The second-order valence-electron chi connectivity index (χ2n) is 4.12. The molecule has 1 aromatic carbocycles. The molecule has 1 aromatic heterocycles. The van der Waals surface area contributed by atoms with Crippen molar-refractivity contribution in [2.75, 3.05) is 12.4 Å².